The molecule has 5 nitrogen and oxygen atoms in total. The second-order valence-corrected chi connectivity index (χ2v) is 6.60. The molecule has 0 aliphatic carbocycles. The van der Waals surface area contributed by atoms with E-state index in [1.54, 1.807) is 12.1 Å². The van der Waals surface area contributed by atoms with Gasteiger partial charge in [-0.1, -0.05) is 23.7 Å². The predicted octanol–water partition coefficient (Wildman–Crippen LogP) is 3.42. The number of para-hydroxylation sites is 1. The first-order valence-corrected chi connectivity index (χ1v) is 9.02. The number of carbonyl (C=O) groups is 1. The number of nitrogens with one attached hydrogen (secondary N) is 2. The number of amides is 2. The van der Waals surface area contributed by atoms with Crippen molar-refractivity contribution in [1.29, 1.82) is 0 Å². The van der Waals surface area contributed by atoms with Gasteiger partial charge in [0.1, 0.15) is 5.82 Å². The SMILES string of the molecule is O=C(NCCN1CCN(c2ccc(Cl)cc2)CC1)Nc1ccccc1F. The third kappa shape index (κ3) is 5.09. The van der Waals surface area contributed by atoms with Gasteiger partial charge in [-0.25, -0.2) is 9.18 Å². The van der Waals surface area contributed by atoms with Gasteiger partial charge in [-0.3, -0.25) is 4.90 Å². The van der Waals surface area contributed by atoms with Crippen molar-refractivity contribution in [3.8, 4) is 0 Å². The summed E-state index contributed by atoms with van der Waals surface area (Å²) in [7, 11) is 0. The van der Waals surface area contributed by atoms with Crippen molar-refractivity contribution in [3.05, 3.63) is 59.4 Å². The highest BCUT2D eigenvalue weighted by Crippen LogP contribution is 2.19. The normalized spacial score (nSPS) is 14.9. The fourth-order valence-electron chi connectivity index (χ4n) is 2.94. The van der Waals surface area contributed by atoms with Crippen molar-refractivity contribution in [1.82, 2.24) is 10.2 Å². The Hall–Kier alpha value is -2.31. The highest BCUT2D eigenvalue weighted by atomic mass is 35.5. The molecule has 1 saturated heterocycles. The van der Waals surface area contributed by atoms with Gasteiger partial charge >= 0.3 is 6.03 Å². The molecule has 0 unspecified atom stereocenters. The van der Waals surface area contributed by atoms with Crippen molar-refractivity contribution in [3.63, 3.8) is 0 Å². The fraction of sp³-hybridized carbons (Fsp3) is 0.316. The Bertz CT molecular complexity index is 733. The Kier molecular flexibility index (Phi) is 6.30. The minimum Gasteiger partial charge on any atom is -0.369 e. The summed E-state index contributed by atoms with van der Waals surface area (Å²) in [4.78, 5) is 16.5. The van der Waals surface area contributed by atoms with Crippen LogP contribution in [0.3, 0.4) is 0 Å². The number of hydrogen-bond acceptors (Lipinski definition) is 3. The van der Waals surface area contributed by atoms with E-state index in [0.717, 1.165) is 37.7 Å². The standard InChI is InChI=1S/C19H22ClFN4O/c20-15-5-7-16(8-6-15)25-13-11-24(12-14-25)10-9-22-19(26)23-18-4-2-1-3-17(18)21/h1-8H,9-14H2,(H2,22,23,26). The molecule has 2 aromatic carbocycles. The van der Waals surface area contributed by atoms with Crippen LogP contribution in [0.25, 0.3) is 0 Å². The van der Waals surface area contributed by atoms with Gasteiger partial charge in [0.25, 0.3) is 0 Å². The van der Waals surface area contributed by atoms with Crippen LogP contribution in [0.1, 0.15) is 0 Å². The molecule has 0 bridgehead atoms. The van der Waals surface area contributed by atoms with Gasteiger partial charge in [-0.05, 0) is 36.4 Å². The largest absolute Gasteiger partial charge is 0.369 e. The van der Waals surface area contributed by atoms with E-state index in [0.29, 0.717) is 6.54 Å². The van der Waals surface area contributed by atoms with Crippen LogP contribution < -0.4 is 15.5 Å². The minimum atomic E-state index is -0.444. The number of benzene rings is 2. The first kappa shape index (κ1) is 18.5. The molecule has 0 radical (unpaired) electrons. The summed E-state index contributed by atoms with van der Waals surface area (Å²) in [6, 6.07) is 13.6. The lowest BCUT2D eigenvalue weighted by atomic mass is 10.2. The molecule has 1 heterocycles. The van der Waals surface area contributed by atoms with E-state index in [4.69, 9.17) is 11.6 Å². The molecule has 2 amide bonds. The molecule has 1 fully saturated rings. The van der Waals surface area contributed by atoms with Crippen LogP contribution in [0.5, 0.6) is 0 Å². The van der Waals surface area contributed by atoms with Crippen LogP contribution in [-0.2, 0) is 0 Å². The molecule has 7 heteroatoms. The van der Waals surface area contributed by atoms with Crippen LogP contribution in [0.4, 0.5) is 20.6 Å². The van der Waals surface area contributed by atoms with Crippen LogP contribution in [0.2, 0.25) is 5.02 Å². The summed E-state index contributed by atoms with van der Waals surface area (Å²) in [6.45, 7) is 5.00. The Morgan fingerprint density at radius 2 is 1.73 bits per heavy atom. The summed E-state index contributed by atoms with van der Waals surface area (Å²) >= 11 is 5.93. The number of nitrogens with zero attached hydrogens (tertiary/aromatic N) is 2. The molecule has 26 heavy (non-hydrogen) atoms. The molecule has 3 rings (SSSR count). The van der Waals surface area contributed by atoms with E-state index in [2.05, 4.69) is 20.4 Å². The van der Waals surface area contributed by atoms with Gasteiger partial charge in [-0.2, -0.15) is 0 Å². The van der Waals surface area contributed by atoms with Gasteiger partial charge in [-0.15, -0.1) is 0 Å². The lowest BCUT2D eigenvalue weighted by molar-refractivity contribution is 0.240. The number of carbonyl (C=O) groups excluding carboxylic acids is 1. The monoisotopic (exact) mass is 376 g/mol. The van der Waals surface area contributed by atoms with Gasteiger partial charge in [0.05, 0.1) is 5.69 Å². The van der Waals surface area contributed by atoms with E-state index in [9.17, 15) is 9.18 Å². The number of anilines is 2. The van der Waals surface area contributed by atoms with Gasteiger partial charge < -0.3 is 15.5 Å². The summed E-state index contributed by atoms with van der Waals surface area (Å²) in [5.41, 5.74) is 1.36. The van der Waals surface area contributed by atoms with Gasteiger partial charge in [0, 0.05) is 50.0 Å². The van der Waals surface area contributed by atoms with E-state index in [1.165, 1.54) is 17.8 Å². The van der Waals surface area contributed by atoms with Crippen LogP contribution in [0.15, 0.2) is 48.5 Å². The lowest BCUT2D eigenvalue weighted by Gasteiger charge is -2.36. The Balaban J connectivity index is 1.37. The van der Waals surface area contributed by atoms with Crippen molar-refractivity contribution in [2.75, 3.05) is 49.5 Å². The van der Waals surface area contributed by atoms with Crippen LogP contribution in [0, 0.1) is 5.82 Å². The first-order valence-electron chi connectivity index (χ1n) is 8.64. The average Bonchev–Trinajstić information content (AvgIpc) is 2.65. The maximum Gasteiger partial charge on any atom is 0.319 e. The number of rotatable bonds is 5. The molecule has 1 aliphatic heterocycles. The molecular formula is C19H22ClFN4O. The number of hydrogen-bond donors (Lipinski definition) is 2. The molecule has 2 N–H and O–H groups in total. The number of piperazine rings is 1. The minimum absolute atomic E-state index is 0.182. The van der Waals surface area contributed by atoms with E-state index in [-0.39, 0.29) is 5.69 Å². The Morgan fingerprint density at radius 1 is 1.04 bits per heavy atom. The summed E-state index contributed by atoms with van der Waals surface area (Å²) in [5.74, 6) is -0.444. The zero-order valence-electron chi connectivity index (χ0n) is 14.4. The third-order valence-electron chi connectivity index (χ3n) is 4.40. The molecule has 2 aromatic rings. The Labute approximate surface area is 157 Å². The molecular weight excluding hydrogens is 355 g/mol. The molecule has 0 saturated carbocycles. The highest BCUT2D eigenvalue weighted by molar-refractivity contribution is 6.30. The van der Waals surface area contributed by atoms with E-state index in [1.807, 2.05) is 24.3 Å². The quantitative estimate of drug-likeness (QED) is 0.840. The zero-order valence-corrected chi connectivity index (χ0v) is 15.2. The first-order chi connectivity index (χ1) is 12.6. The number of halogens is 2. The second-order valence-electron chi connectivity index (χ2n) is 6.17. The molecule has 1 aliphatic rings. The maximum absolute atomic E-state index is 13.5. The molecule has 0 spiro atoms. The zero-order chi connectivity index (χ0) is 18.4. The van der Waals surface area contributed by atoms with E-state index < -0.39 is 11.8 Å². The summed E-state index contributed by atoms with van der Waals surface area (Å²) < 4.78 is 13.5. The third-order valence-corrected chi connectivity index (χ3v) is 4.65. The summed E-state index contributed by atoms with van der Waals surface area (Å²) in [5, 5.41) is 6.03. The highest BCUT2D eigenvalue weighted by Gasteiger charge is 2.17. The topological polar surface area (TPSA) is 47.6 Å². The van der Waals surface area contributed by atoms with Crippen molar-refractivity contribution >= 4 is 29.0 Å². The summed E-state index contributed by atoms with van der Waals surface area (Å²) in [6.07, 6.45) is 0. The molecule has 0 aromatic heterocycles. The molecule has 138 valence electrons. The van der Waals surface area contributed by atoms with Crippen molar-refractivity contribution < 1.29 is 9.18 Å². The van der Waals surface area contributed by atoms with Gasteiger partial charge in [0.2, 0.25) is 0 Å². The number of urea groups is 1. The van der Waals surface area contributed by atoms with Crippen LogP contribution in [-0.4, -0.2) is 50.2 Å². The smallest absolute Gasteiger partial charge is 0.319 e. The second kappa shape index (κ2) is 8.87. The predicted molar refractivity (Wildman–Crippen MR) is 104 cm³/mol. The lowest BCUT2D eigenvalue weighted by Crippen LogP contribution is -2.48. The van der Waals surface area contributed by atoms with Gasteiger partial charge in [0.15, 0.2) is 0 Å². The fourth-order valence-corrected chi connectivity index (χ4v) is 3.06. The van der Waals surface area contributed by atoms with Crippen molar-refractivity contribution in [2.24, 2.45) is 0 Å². The van der Waals surface area contributed by atoms with E-state index >= 15 is 0 Å². The van der Waals surface area contributed by atoms with Crippen LogP contribution >= 0.6 is 11.6 Å². The van der Waals surface area contributed by atoms with Crippen molar-refractivity contribution in [2.45, 2.75) is 0 Å². The molecule has 0 atom stereocenters. The Morgan fingerprint density at radius 3 is 2.42 bits per heavy atom. The maximum atomic E-state index is 13.5. The average molecular weight is 377 g/mol.